The molecule has 0 aromatic heterocycles. The van der Waals surface area contributed by atoms with E-state index >= 15 is 0 Å². The first-order valence-corrected chi connectivity index (χ1v) is 8.54. The number of hydrogen-bond donors (Lipinski definition) is 0. The molecule has 0 radical (unpaired) electrons. The van der Waals surface area contributed by atoms with Gasteiger partial charge in [0.25, 0.3) is 5.91 Å². The number of ether oxygens (including phenoxy) is 2. The van der Waals surface area contributed by atoms with Crippen LogP contribution in [0.2, 0.25) is 0 Å². The van der Waals surface area contributed by atoms with Crippen LogP contribution in [0.3, 0.4) is 0 Å². The van der Waals surface area contributed by atoms with E-state index in [9.17, 15) is 22.8 Å². The molecule has 114 valence electrons. The first kappa shape index (κ1) is 15.6. The Bertz CT molecular complexity index is 717. The lowest BCUT2D eigenvalue weighted by Crippen LogP contribution is -2.26. The molecule has 10 heteroatoms. The van der Waals surface area contributed by atoms with Crippen molar-refractivity contribution in [2.75, 3.05) is 20.8 Å². The molecule has 2 heterocycles. The fourth-order valence-corrected chi connectivity index (χ4v) is 5.46. The number of methoxy groups -OCH3 is 1. The van der Waals surface area contributed by atoms with E-state index in [0.717, 1.165) is 12.0 Å². The number of rotatable bonds is 3. The van der Waals surface area contributed by atoms with Crippen LogP contribution in [0.25, 0.3) is 0 Å². The predicted octanol–water partition coefficient (Wildman–Crippen LogP) is -0.263. The molecule has 0 saturated heterocycles. The summed E-state index contributed by atoms with van der Waals surface area (Å²) >= 11 is 0. The summed E-state index contributed by atoms with van der Waals surface area (Å²) in [5, 5.41) is 0. The third kappa shape index (κ3) is 2.23. The van der Waals surface area contributed by atoms with E-state index < -0.39 is 31.6 Å². The highest BCUT2D eigenvalue weighted by Gasteiger charge is 2.51. The molecular weight excluding hydrogens is 322 g/mol. The molecular formula is C11H11NO7S2. The van der Waals surface area contributed by atoms with Crippen LogP contribution in [0, 0.1) is 0 Å². The maximum absolute atomic E-state index is 12.1. The van der Waals surface area contributed by atoms with Crippen LogP contribution in [0.5, 0.6) is 0 Å². The summed E-state index contributed by atoms with van der Waals surface area (Å²) in [5.74, 6) is -2.73. The molecule has 0 saturated carbocycles. The average Bonchev–Trinajstić information content (AvgIpc) is 2.80. The van der Waals surface area contributed by atoms with Crippen LogP contribution in [0.1, 0.15) is 6.92 Å². The molecule has 0 N–H and O–H groups in total. The van der Waals surface area contributed by atoms with Crippen molar-refractivity contribution in [1.29, 1.82) is 0 Å². The van der Waals surface area contributed by atoms with Gasteiger partial charge in [-0.15, -0.1) is 0 Å². The number of esters is 2. The molecule has 0 aromatic rings. The van der Waals surface area contributed by atoms with E-state index in [1.54, 1.807) is 6.92 Å². The molecule has 0 spiro atoms. The summed E-state index contributed by atoms with van der Waals surface area (Å²) in [7, 11) is -1.46. The molecule has 2 rings (SSSR count). The van der Waals surface area contributed by atoms with Gasteiger partial charge in [0.05, 0.1) is 24.3 Å². The molecule has 2 aliphatic heterocycles. The summed E-state index contributed by atoms with van der Waals surface area (Å²) in [6.45, 7) is 1.59. The smallest absolute Gasteiger partial charge is 0.352 e. The zero-order valence-electron chi connectivity index (χ0n) is 11.3. The van der Waals surface area contributed by atoms with Gasteiger partial charge in [0.1, 0.15) is 5.57 Å². The van der Waals surface area contributed by atoms with E-state index in [4.69, 9.17) is 4.74 Å². The maximum atomic E-state index is 12.1. The van der Waals surface area contributed by atoms with Crippen molar-refractivity contribution in [2.45, 2.75) is 6.92 Å². The van der Waals surface area contributed by atoms with Crippen molar-refractivity contribution in [2.24, 2.45) is 0 Å². The van der Waals surface area contributed by atoms with Crippen molar-refractivity contribution >= 4 is 37.5 Å². The van der Waals surface area contributed by atoms with Crippen molar-refractivity contribution in [3.8, 4) is 0 Å². The van der Waals surface area contributed by atoms with Crippen molar-refractivity contribution < 1.29 is 32.3 Å². The molecule has 0 aliphatic carbocycles. The number of fused-ring (bicyclic) bond motifs is 1. The third-order valence-electron chi connectivity index (χ3n) is 2.80. The van der Waals surface area contributed by atoms with Crippen molar-refractivity contribution in [1.82, 2.24) is 4.90 Å². The highest BCUT2D eigenvalue weighted by atomic mass is 33.1. The van der Waals surface area contributed by atoms with Gasteiger partial charge in [0.15, 0.2) is 4.91 Å². The van der Waals surface area contributed by atoms with Gasteiger partial charge in [-0.2, -0.15) is 0 Å². The van der Waals surface area contributed by atoms with Gasteiger partial charge >= 0.3 is 11.9 Å². The number of carbonyl (C=O) groups excluding carboxylic acids is 3. The third-order valence-corrected chi connectivity index (χ3v) is 6.11. The van der Waals surface area contributed by atoms with E-state index in [0.29, 0.717) is 0 Å². The Hall–Kier alpha value is -1.81. The SMILES string of the molecule is CCOC(=O)C1=C2SS(=O)(=O)C(C(=O)OC)=C2N(C)C1=O. The summed E-state index contributed by atoms with van der Waals surface area (Å²) in [4.78, 5) is 35.8. The summed E-state index contributed by atoms with van der Waals surface area (Å²) < 4.78 is 33.3. The Balaban J connectivity index is 2.70. The Morgan fingerprint density at radius 3 is 2.43 bits per heavy atom. The number of hydrogen-bond acceptors (Lipinski definition) is 8. The van der Waals surface area contributed by atoms with Gasteiger partial charge in [-0.05, 0) is 6.92 Å². The molecule has 0 aromatic carbocycles. The largest absolute Gasteiger partial charge is 0.465 e. The fourth-order valence-electron chi connectivity index (χ4n) is 1.92. The zero-order chi connectivity index (χ0) is 15.9. The topological polar surface area (TPSA) is 107 Å². The minimum Gasteiger partial charge on any atom is -0.465 e. The minimum absolute atomic E-state index is 0.0347. The Labute approximate surface area is 124 Å². The maximum Gasteiger partial charge on any atom is 0.352 e. The van der Waals surface area contributed by atoms with E-state index in [1.165, 1.54) is 7.05 Å². The van der Waals surface area contributed by atoms with E-state index in [-0.39, 0.29) is 33.6 Å². The van der Waals surface area contributed by atoms with Crippen molar-refractivity contribution in [3.05, 3.63) is 21.1 Å². The lowest BCUT2D eigenvalue weighted by atomic mass is 10.2. The predicted molar refractivity (Wildman–Crippen MR) is 72.0 cm³/mol. The van der Waals surface area contributed by atoms with Gasteiger partial charge < -0.3 is 14.4 Å². The molecule has 21 heavy (non-hydrogen) atoms. The first-order valence-electron chi connectivity index (χ1n) is 5.73. The highest BCUT2D eigenvalue weighted by molar-refractivity contribution is 8.75. The molecule has 0 fully saturated rings. The summed E-state index contributed by atoms with van der Waals surface area (Å²) in [6.07, 6.45) is 0. The molecule has 1 amide bonds. The highest BCUT2D eigenvalue weighted by Crippen LogP contribution is 2.50. The molecule has 0 bridgehead atoms. The lowest BCUT2D eigenvalue weighted by Gasteiger charge is -2.12. The van der Waals surface area contributed by atoms with Crippen LogP contribution in [0.4, 0.5) is 0 Å². The monoisotopic (exact) mass is 333 g/mol. The number of nitrogens with zero attached hydrogens (tertiary/aromatic N) is 1. The number of amides is 1. The van der Waals surface area contributed by atoms with Gasteiger partial charge in [-0.1, -0.05) is 0 Å². The number of carbonyl (C=O) groups is 3. The van der Waals surface area contributed by atoms with E-state index in [1.807, 2.05) is 0 Å². The second-order valence-electron chi connectivity index (χ2n) is 4.00. The van der Waals surface area contributed by atoms with E-state index in [2.05, 4.69) is 4.74 Å². The van der Waals surface area contributed by atoms with Crippen LogP contribution >= 0.6 is 10.8 Å². The van der Waals surface area contributed by atoms with Crippen LogP contribution < -0.4 is 0 Å². The average molecular weight is 333 g/mol. The second-order valence-corrected chi connectivity index (χ2v) is 7.70. The normalized spacial score (nSPS) is 20.0. The van der Waals surface area contributed by atoms with Gasteiger partial charge in [0.2, 0.25) is 8.87 Å². The molecule has 0 atom stereocenters. The zero-order valence-corrected chi connectivity index (χ0v) is 13.0. The van der Waals surface area contributed by atoms with Gasteiger partial charge in [-0.25, -0.2) is 18.0 Å². The van der Waals surface area contributed by atoms with Crippen LogP contribution in [-0.4, -0.2) is 51.9 Å². The fraction of sp³-hybridized carbons (Fsp3) is 0.364. The molecule has 2 aliphatic rings. The molecule has 8 nitrogen and oxygen atoms in total. The summed E-state index contributed by atoms with van der Waals surface area (Å²) in [5.41, 5.74) is -0.526. The quantitative estimate of drug-likeness (QED) is 0.395. The summed E-state index contributed by atoms with van der Waals surface area (Å²) in [6, 6.07) is 0. The van der Waals surface area contributed by atoms with Gasteiger partial charge in [-0.3, -0.25) is 4.79 Å². The van der Waals surface area contributed by atoms with Crippen LogP contribution in [-0.2, 0) is 32.7 Å². The molecule has 0 unspecified atom stereocenters. The van der Waals surface area contributed by atoms with Gasteiger partial charge in [0, 0.05) is 17.8 Å². The first-order chi connectivity index (χ1) is 9.76. The Kier molecular flexibility index (Phi) is 3.85. The number of likely N-dealkylation sites (N-methyl/N-ethyl adjacent to an activating group) is 1. The minimum atomic E-state index is -4.03. The Morgan fingerprint density at radius 1 is 1.29 bits per heavy atom. The van der Waals surface area contributed by atoms with Crippen molar-refractivity contribution in [3.63, 3.8) is 0 Å². The standard InChI is InChI=1S/C11H11NO7S2/c1-4-19-10(14)5-7-6(12(2)9(5)13)8(11(15)18-3)21(16,17)20-7/h4H2,1-3H3. The van der Waals surface area contributed by atoms with Crippen LogP contribution in [0.15, 0.2) is 21.1 Å². The Morgan fingerprint density at radius 2 is 1.90 bits per heavy atom. The lowest BCUT2D eigenvalue weighted by molar-refractivity contribution is -0.141. The second kappa shape index (κ2) is 5.19.